The van der Waals surface area contributed by atoms with Crippen molar-refractivity contribution >= 4 is 11.8 Å². The number of alkyl halides is 3. The first-order chi connectivity index (χ1) is 16.8. The number of carbonyl (C=O) groups is 1. The first kappa shape index (κ1) is 24.8. The van der Waals surface area contributed by atoms with Crippen molar-refractivity contribution in [3.8, 4) is 16.9 Å². The van der Waals surface area contributed by atoms with E-state index in [0.717, 1.165) is 42.3 Å². The number of hydrogen-bond acceptors (Lipinski definition) is 4. The standard InChI is InChI=1S/C28H33F3N2O3/c1-16(2)35-19-6-7-20(23(14-19)28(29,30)31)18-12-17-8-11-33-24-9-10-32(26(34)36-27(3,4)5)15-22(24)21(13-18)25(17)33/h6-7,12-14,16,22,24H,8-11,15H2,1-5H3/t22-,24-/m1/s1. The van der Waals surface area contributed by atoms with Crippen LogP contribution in [0.3, 0.4) is 0 Å². The van der Waals surface area contributed by atoms with Gasteiger partial charge < -0.3 is 19.3 Å². The van der Waals surface area contributed by atoms with Crippen molar-refractivity contribution in [2.24, 2.45) is 0 Å². The van der Waals surface area contributed by atoms with Gasteiger partial charge in [-0.25, -0.2) is 4.79 Å². The Morgan fingerprint density at radius 1 is 1.08 bits per heavy atom. The van der Waals surface area contributed by atoms with E-state index in [4.69, 9.17) is 9.47 Å². The summed E-state index contributed by atoms with van der Waals surface area (Å²) in [5.41, 5.74) is 2.69. The zero-order chi connectivity index (χ0) is 26.0. The second-order valence-electron chi connectivity index (χ2n) is 11.3. The van der Waals surface area contributed by atoms with Gasteiger partial charge in [-0.1, -0.05) is 6.07 Å². The number of anilines is 1. The van der Waals surface area contributed by atoms with Crippen molar-refractivity contribution < 1.29 is 27.4 Å². The minimum atomic E-state index is -4.52. The van der Waals surface area contributed by atoms with Crippen molar-refractivity contribution in [3.63, 3.8) is 0 Å². The number of ether oxygens (including phenoxy) is 2. The molecule has 2 atom stereocenters. The van der Waals surface area contributed by atoms with Crippen molar-refractivity contribution in [1.82, 2.24) is 4.90 Å². The fourth-order valence-electron chi connectivity index (χ4n) is 5.85. The molecule has 0 radical (unpaired) electrons. The number of hydrogen-bond donors (Lipinski definition) is 0. The summed E-state index contributed by atoms with van der Waals surface area (Å²) in [4.78, 5) is 16.9. The molecule has 5 rings (SSSR count). The normalized spacial score (nSPS) is 21.0. The van der Waals surface area contributed by atoms with Gasteiger partial charge in [-0.15, -0.1) is 0 Å². The SMILES string of the molecule is CC(C)Oc1ccc(-c2cc3c4c(c2)[C@H]2CN(C(=O)OC(C)(C)C)CC[C@H]2N4CC3)c(C(F)(F)F)c1. The second kappa shape index (κ2) is 8.60. The van der Waals surface area contributed by atoms with E-state index in [0.29, 0.717) is 18.7 Å². The summed E-state index contributed by atoms with van der Waals surface area (Å²) in [6.45, 7) is 11.1. The van der Waals surface area contributed by atoms with Crippen LogP contribution in [0.4, 0.5) is 23.7 Å². The summed E-state index contributed by atoms with van der Waals surface area (Å²) in [6, 6.07) is 8.30. The lowest BCUT2D eigenvalue weighted by Gasteiger charge is -2.38. The molecule has 3 aliphatic rings. The molecule has 5 nitrogen and oxygen atoms in total. The Morgan fingerprint density at radius 3 is 2.50 bits per heavy atom. The number of piperidine rings is 1. The number of fused-ring (bicyclic) bond motifs is 3. The summed E-state index contributed by atoms with van der Waals surface area (Å²) >= 11 is 0. The molecule has 0 saturated carbocycles. The molecule has 2 aromatic carbocycles. The van der Waals surface area contributed by atoms with Gasteiger partial charge >= 0.3 is 12.3 Å². The summed E-state index contributed by atoms with van der Waals surface area (Å²) in [5, 5.41) is 0. The van der Waals surface area contributed by atoms with Crippen molar-refractivity contribution in [2.45, 2.75) is 77.3 Å². The molecule has 36 heavy (non-hydrogen) atoms. The Morgan fingerprint density at radius 2 is 1.83 bits per heavy atom. The predicted octanol–water partition coefficient (Wildman–Crippen LogP) is 6.63. The van der Waals surface area contributed by atoms with E-state index in [1.165, 1.54) is 6.07 Å². The highest BCUT2D eigenvalue weighted by Gasteiger charge is 2.46. The molecular formula is C28H33F3N2O3. The number of rotatable bonds is 3. The maximum Gasteiger partial charge on any atom is 0.417 e. The third-order valence-electron chi connectivity index (χ3n) is 7.13. The highest BCUT2D eigenvalue weighted by Crippen LogP contribution is 2.51. The van der Waals surface area contributed by atoms with E-state index >= 15 is 0 Å². The smallest absolute Gasteiger partial charge is 0.417 e. The molecule has 194 valence electrons. The molecule has 0 unspecified atom stereocenters. The van der Waals surface area contributed by atoms with Gasteiger partial charge in [0.15, 0.2) is 0 Å². The zero-order valence-electron chi connectivity index (χ0n) is 21.4. The molecule has 0 N–H and O–H groups in total. The molecule has 1 fully saturated rings. The van der Waals surface area contributed by atoms with Crippen molar-refractivity contribution in [2.75, 3.05) is 24.5 Å². The molecule has 0 spiro atoms. The Labute approximate surface area is 210 Å². The van der Waals surface area contributed by atoms with Crippen LogP contribution in [0, 0.1) is 0 Å². The molecule has 3 aliphatic heterocycles. The van der Waals surface area contributed by atoms with Gasteiger partial charge in [0.2, 0.25) is 0 Å². The van der Waals surface area contributed by atoms with Crippen LogP contribution in [0.2, 0.25) is 0 Å². The van der Waals surface area contributed by atoms with E-state index < -0.39 is 17.3 Å². The van der Waals surface area contributed by atoms with E-state index in [9.17, 15) is 18.0 Å². The van der Waals surface area contributed by atoms with Crippen molar-refractivity contribution in [3.05, 3.63) is 47.0 Å². The maximum atomic E-state index is 14.1. The Hall–Kier alpha value is -2.90. The zero-order valence-corrected chi connectivity index (χ0v) is 21.4. The molecule has 2 aromatic rings. The largest absolute Gasteiger partial charge is 0.491 e. The summed E-state index contributed by atoms with van der Waals surface area (Å²) in [5.74, 6) is 0.247. The van der Waals surface area contributed by atoms with Gasteiger partial charge in [0.1, 0.15) is 11.4 Å². The van der Waals surface area contributed by atoms with Crippen LogP contribution in [-0.4, -0.2) is 48.4 Å². The van der Waals surface area contributed by atoms with E-state index in [1.54, 1.807) is 24.8 Å². The van der Waals surface area contributed by atoms with Crippen LogP contribution < -0.4 is 9.64 Å². The number of likely N-dealkylation sites (tertiary alicyclic amines) is 1. The first-order valence-electron chi connectivity index (χ1n) is 12.6. The van der Waals surface area contributed by atoms with Crippen LogP contribution in [0.1, 0.15) is 63.6 Å². The molecule has 1 amide bonds. The fourth-order valence-corrected chi connectivity index (χ4v) is 5.85. The summed E-state index contributed by atoms with van der Waals surface area (Å²) in [7, 11) is 0. The molecule has 3 heterocycles. The number of carbonyl (C=O) groups excluding carboxylic acids is 1. The third kappa shape index (κ3) is 4.50. The van der Waals surface area contributed by atoms with Crippen LogP contribution in [0.5, 0.6) is 5.75 Å². The quantitative estimate of drug-likeness (QED) is 0.473. The lowest BCUT2D eigenvalue weighted by molar-refractivity contribution is -0.137. The van der Waals surface area contributed by atoms with E-state index in [2.05, 4.69) is 4.90 Å². The molecule has 0 bridgehead atoms. The predicted molar refractivity (Wildman–Crippen MR) is 133 cm³/mol. The van der Waals surface area contributed by atoms with Gasteiger partial charge in [0.05, 0.1) is 11.7 Å². The number of nitrogens with zero attached hydrogens (tertiary/aromatic N) is 2. The average Bonchev–Trinajstić information content (AvgIpc) is 3.33. The lowest BCUT2D eigenvalue weighted by atomic mass is 9.85. The van der Waals surface area contributed by atoms with E-state index in [-0.39, 0.29) is 35.5 Å². The highest BCUT2D eigenvalue weighted by molar-refractivity contribution is 5.80. The van der Waals surface area contributed by atoms with E-state index in [1.807, 2.05) is 32.9 Å². The molecular weight excluding hydrogens is 469 g/mol. The minimum Gasteiger partial charge on any atom is -0.491 e. The minimum absolute atomic E-state index is 0.0400. The van der Waals surface area contributed by atoms with Crippen molar-refractivity contribution in [1.29, 1.82) is 0 Å². The second-order valence-corrected chi connectivity index (χ2v) is 11.3. The van der Waals surface area contributed by atoms with Crippen LogP contribution in [-0.2, 0) is 17.3 Å². The summed E-state index contributed by atoms with van der Waals surface area (Å²) in [6.07, 6.45) is -3.46. The van der Waals surface area contributed by atoms with Gasteiger partial charge in [-0.05, 0) is 94.0 Å². The van der Waals surface area contributed by atoms with Crippen LogP contribution in [0.15, 0.2) is 30.3 Å². The highest BCUT2D eigenvalue weighted by atomic mass is 19.4. The number of benzene rings is 2. The topological polar surface area (TPSA) is 42.0 Å². The Bertz CT molecular complexity index is 1190. The van der Waals surface area contributed by atoms with Gasteiger partial charge in [-0.3, -0.25) is 0 Å². The molecule has 8 heteroatoms. The monoisotopic (exact) mass is 502 g/mol. The first-order valence-corrected chi connectivity index (χ1v) is 12.6. The van der Waals surface area contributed by atoms with Gasteiger partial charge in [0, 0.05) is 37.3 Å². The van der Waals surface area contributed by atoms with Crippen LogP contribution >= 0.6 is 0 Å². The average molecular weight is 503 g/mol. The summed E-state index contributed by atoms with van der Waals surface area (Å²) < 4.78 is 53.6. The van der Waals surface area contributed by atoms with Gasteiger partial charge in [-0.2, -0.15) is 13.2 Å². The van der Waals surface area contributed by atoms with Crippen LogP contribution in [0.25, 0.3) is 11.1 Å². The number of amides is 1. The molecule has 1 saturated heterocycles. The van der Waals surface area contributed by atoms with Gasteiger partial charge in [0.25, 0.3) is 0 Å². The molecule has 0 aliphatic carbocycles. The molecule has 0 aromatic heterocycles. The Kier molecular flexibility index (Phi) is 5.92. The number of halogens is 3. The maximum absolute atomic E-state index is 14.1. The fraction of sp³-hybridized carbons (Fsp3) is 0.536. The lowest BCUT2D eigenvalue weighted by Crippen LogP contribution is -2.49. The third-order valence-corrected chi connectivity index (χ3v) is 7.13. The Balaban J connectivity index is 1.53.